The maximum absolute atomic E-state index is 12.9. The van der Waals surface area contributed by atoms with Gasteiger partial charge in [-0.1, -0.05) is 12.1 Å². The van der Waals surface area contributed by atoms with Crippen LogP contribution in [-0.4, -0.2) is 35.1 Å². The Morgan fingerprint density at radius 1 is 1.23 bits per heavy atom. The van der Waals surface area contributed by atoms with Crippen molar-refractivity contribution in [1.29, 1.82) is 0 Å². The van der Waals surface area contributed by atoms with Crippen molar-refractivity contribution in [2.75, 3.05) is 11.9 Å². The molecule has 6 nitrogen and oxygen atoms in total. The summed E-state index contributed by atoms with van der Waals surface area (Å²) in [7, 11) is 0. The molecule has 136 valence electrons. The lowest BCUT2D eigenvalue weighted by molar-refractivity contribution is -0.124. The predicted octanol–water partition coefficient (Wildman–Crippen LogP) is 2.60. The van der Waals surface area contributed by atoms with E-state index in [-0.39, 0.29) is 17.9 Å². The fourth-order valence-corrected chi connectivity index (χ4v) is 2.85. The van der Waals surface area contributed by atoms with Crippen LogP contribution in [-0.2, 0) is 9.53 Å². The molecule has 2 aromatic rings. The molecule has 0 spiro atoms. The molecule has 1 amide bonds. The molecule has 0 radical (unpaired) electrons. The molecule has 0 unspecified atom stereocenters. The summed E-state index contributed by atoms with van der Waals surface area (Å²) in [6.45, 7) is 4.54. The topological polar surface area (TPSA) is 72.7 Å². The third-order valence-electron chi connectivity index (χ3n) is 4.05. The van der Waals surface area contributed by atoms with Crippen LogP contribution in [0, 0.1) is 0 Å². The van der Waals surface area contributed by atoms with Crippen LogP contribution in [0.2, 0.25) is 0 Å². The van der Waals surface area contributed by atoms with Gasteiger partial charge < -0.3 is 10.1 Å². The second-order valence-corrected chi connectivity index (χ2v) is 6.53. The summed E-state index contributed by atoms with van der Waals surface area (Å²) in [5, 5.41) is 2.83. The number of pyridine rings is 1. The number of hydrogen-bond donors (Lipinski definition) is 1. The van der Waals surface area contributed by atoms with Gasteiger partial charge in [-0.2, -0.15) is 0 Å². The normalized spacial score (nSPS) is 17.5. The van der Waals surface area contributed by atoms with E-state index in [0.29, 0.717) is 23.3 Å². The van der Waals surface area contributed by atoms with E-state index in [1.807, 2.05) is 19.9 Å². The van der Waals surface area contributed by atoms with E-state index < -0.39 is 6.10 Å². The maximum Gasteiger partial charge on any atom is 0.263 e. The van der Waals surface area contributed by atoms with Crippen LogP contribution in [0.15, 0.2) is 53.7 Å². The molecule has 1 fully saturated rings. The molecule has 1 aliphatic heterocycles. The Morgan fingerprint density at radius 3 is 2.81 bits per heavy atom. The number of hydrogen-bond acceptors (Lipinski definition) is 4. The molecule has 26 heavy (non-hydrogen) atoms. The molecule has 1 N–H and O–H groups in total. The number of carbonyl (C=O) groups is 2. The fourth-order valence-electron chi connectivity index (χ4n) is 2.85. The Labute approximate surface area is 152 Å². The quantitative estimate of drug-likeness (QED) is 0.918. The van der Waals surface area contributed by atoms with Crippen LogP contribution in [0.3, 0.4) is 0 Å². The van der Waals surface area contributed by atoms with Gasteiger partial charge in [0.2, 0.25) is 0 Å². The van der Waals surface area contributed by atoms with Gasteiger partial charge in [-0.3, -0.25) is 19.1 Å². The van der Waals surface area contributed by atoms with Crippen molar-refractivity contribution in [3.05, 3.63) is 59.7 Å². The van der Waals surface area contributed by atoms with E-state index in [4.69, 9.17) is 4.74 Å². The molecule has 1 aliphatic rings. The summed E-state index contributed by atoms with van der Waals surface area (Å²) in [6.07, 6.45) is 2.91. The maximum atomic E-state index is 12.9. The standard InChI is InChI=1S/C20H23N3O3/c1-14(2)21-18-10-3-4-11-23(18)20(25)15-7-5-8-16(13-15)22-19(24)17-9-6-12-26-17/h3-5,7-8,10-11,13-14,17H,6,9,12H2,1-2H3,(H,22,24)/t17-/m0/s1. The highest BCUT2D eigenvalue weighted by Crippen LogP contribution is 2.16. The minimum atomic E-state index is -0.408. The van der Waals surface area contributed by atoms with E-state index in [0.717, 1.165) is 12.8 Å². The molecule has 0 saturated carbocycles. The summed E-state index contributed by atoms with van der Waals surface area (Å²) in [6, 6.07) is 12.4. The molecule has 3 rings (SSSR count). The van der Waals surface area contributed by atoms with Crippen LogP contribution in [0.25, 0.3) is 0 Å². The van der Waals surface area contributed by atoms with Crippen molar-refractivity contribution < 1.29 is 14.3 Å². The number of nitrogens with zero attached hydrogens (tertiary/aromatic N) is 2. The van der Waals surface area contributed by atoms with Gasteiger partial charge in [0.1, 0.15) is 11.6 Å². The molecule has 0 aliphatic carbocycles. The van der Waals surface area contributed by atoms with Crippen molar-refractivity contribution in [2.24, 2.45) is 4.99 Å². The Bertz CT molecular complexity index is 864. The number of carbonyl (C=O) groups excluding carboxylic acids is 2. The van der Waals surface area contributed by atoms with Crippen molar-refractivity contribution in [3.63, 3.8) is 0 Å². The molecule has 2 heterocycles. The van der Waals surface area contributed by atoms with Crippen molar-refractivity contribution in [3.8, 4) is 0 Å². The average molecular weight is 353 g/mol. The van der Waals surface area contributed by atoms with Crippen molar-refractivity contribution in [2.45, 2.75) is 38.8 Å². The largest absolute Gasteiger partial charge is 0.368 e. The van der Waals surface area contributed by atoms with Gasteiger partial charge in [-0.05, 0) is 57.0 Å². The Hall–Kier alpha value is -2.73. The van der Waals surface area contributed by atoms with Gasteiger partial charge in [0, 0.05) is 30.1 Å². The summed E-state index contributed by atoms with van der Waals surface area (Å²) < 4.78 is 6.91. The predicted molar refractivity (Wildman–Crippen MR) is 98.9 cm³/mol. The molecular formula is C20H23N3O3. The van der Waals surface area contributed by atoms with Crippen LogP contribution < -0.4 is 10.8 Å². The average Bonchev–Trinajstić information content (AvgIpc) is 3.16. The molecule has 1 saturated heterocycles. The van der Waals surface area contributed by atoms with E-state index in [1.165, 1.54) is 4.57 Å². The van der Waals surface area contributed by atoms with E-state index in [1.54, 1.807) is 42.6 Å². The molecule has 1 aromatic heterocycles. The fraction of sp³-hybridized carbons (Fsp3) is 0.350. The van der Waals surface area contributed by atoms with Crippen LogP contribution in [0.4, 0.5) is 5.69 Å². The second-order valence-electron chi connectivity index (χ2n) is 6.53. The first kappa shape index (κ1) is 18.1. The first-order valence-corrected chi connectivity index (χ1v) is 8.83. The summed E-state index contributed by atoms with van der Waals surface area (Å²) in [5.41, 5.74) is 1.66. The monoisotopic (exact) mass is 353 g/mol. The molecule has 6 heteroatoms. The van der Waals surface area contributed by atoms with Gasteiger partial charge in [0.15, 0.2) is 0 Å². The number of rotatable bonds is 4. The van der Waals surface area contributed by atoms with Gasteiger partial charge in [0.05, 0.1) is 0 Å². The van der Waals surface area contributed by atoms with Gasteiger partial charge >= 0.3 is 0 Å². The lowest BCUT2D eigenvalue weighted by atomic mass is 10.1. The van der Waals surface area contributed by atoms with E-state index in [2.05, 4.69) is 10.3 Å². The van der Waals surface area contributed by atoms with Crippen molar-refractivity contribution >= 4 is 17.5 Å². The zero-order valence-corrected chi connectivity index (χ0v) is 15.0. The summed E-state index contributed by atoms with van der Waals surface area (Å²) >= 11 is 0. The Kier molecular flexibility index (Phi) is 5.63. The number of anilines is 1. The lowest BCUT2D eigenvalue weighted by Crippen LogP contribution is -2.29. The minimum Gasteiger partial charge on any atom is -0.368 e. The van der Waals surface area contributed by atoms with Crippen LogP contribution in [0.5, 0.6) is 0 Å². The van der Waals surface area contributed by atoms with Crippen LogP contribution in [0.1, 0.15) is 37.0 Å². The summed E-state index contributed by atoms with van der Waals surface area (Å²) in [5.74, 6) is -0.367. The number of aromatic nitrogens is 1. The van der Waals surface area contributed by atoms with Crippen LogP contribution >= 0.6 is 0 Å². The third kappa shape index (κ3) is 4.26. The second kappa shape index (κ2) is 8.10. The third-order valence-corrected chi connectivity index (χ3v) is 4.05. The smallest absolute Gasteiger partial charge is 0.263 e. The lowest BCUT2D eigenvalue weighted by Gasteiger charge is -2.12. The van der Waals surface area contributed by atoms with Crippen molar-refractivity contribution in [1.82, 2.24) is 4.57 Å². The molecule has 0 bridgehead atoms. The molecule has 1 atom stereocenters. The highest BCUT2D eigenvalue weighted by Gasteiger charge is 2.23. The van der Waals surface area contributed by atoms with Gasteiger partial charge in [-0.25, -0.2) is 0 Å². The number of amides is 1. The highest BCUT2D eigenvalue weighted by molar-refractivity contribution is 5.99. The van der Waals surface area contributed by atoms with E-state index in [9.17, 15) is 9.59 Å². The SMILES string of the molecule is CC(C)N=c1ccccn1C(=O)c1cccc(NC(=O)[C@@H]2CCCO2)c1. The first-order valence-electron chi connectivity index (χ1n) is 8.83. The first-order chi connectivity index (χ1) is 12.5. The number of benzene rings is 1. The molecule has 1 aromatic carbocycles. The summed E-state index contributed by atoms with van der Waals surface area (Å²) in [4.78, 5) is 29.6. The Morgan fingerprint density at radius 2 is 2.08 bits per heavy atom. The number of ether oxygens (including phenoxy) is 1. The zero-order valence-electron chi connectivity index (χ0n) is 15.0. The highest BCUT2D eigenvalue weighted by atomic mass is 16.5. The van der Waals surface area contributed by atoms with E-state index >= 15 is 0 Å². The minimum absolute atomic E-state index is 0.0773. The Balaban J connectivity index is 1.84. The molecular weight excluding hydrogens is 330 g/mol. The van der Waals surface area contributed by atoms with Gasteiger partial charge in [-0.15, -0.1) is 0 Å². The zero-order chi connectivity index (χ0) is 18.5. The van der Waals surface area contributed by atoms with Gasteiger partial charge in [0.25, 0.3) is 11.8 Å². The number of nitrogens with one attached hydrogen (secondary N) is 1.